The van der Waals surface area contributed by atoms with Gasteiger partial charge in [-0.2, -0.15) is 0 Å². The van der Waals surface area contributed by atoms with Crippen LogP contribution >= 0.6 is 0 Å². The van der Waals surface area contributed by atoms with E-state index >= 15 is 0 Å². The second-order valence-electron chi connectivity index (χ2n) is 10.2. The maximum Gasteiger partial charge on any atom is 0.323 e. The number of hydrogen-bond acceptors (Lipinski definition) is 5. The largest absolute Gasteiger partial charge is 0.459 e. The van der Waals surface area contributed by atoms with Gasteiger partial charge in [-0.05, 0) is 64.4 Å². The summed E-state index contributed by atoms with van der Waals surface area (Å²) in [5.74, 6) is -0.00781. The third-order valence-electron chi connectivity index (χ3n) is 6.36. The number of likely N-dealkylation sites (tertiary alicyclic amines) is 1. The molecule has 1 fully saturated rings. The highest BCUT2D eigenvalue weighted by atomic mass is 16.6. The number of carbonyl (C=O) groups excluding carboxylic acids is 2. The van der Waals surface area contributed by atoms with Crippen LogP contribution in [-0.4, -0.2) is 52.2 Å². The van der Waals surface area contributed by atoms with Crippen molar-refractivity contribution in [3.63, 3.8) is 0 Å². The zero-order valence-corrected chi connectivity index (χ0v) is 20.6. The van der Waals surface area contributed by atoms with Crippen molar-refractivity contribution in [3.05, 3.63) is 35.9 Å². The van der Waals surface area contributed by atoms with Crippen LogP contribution in [0.5, 0.6) is 0 Å². The van der Waals surface area contributed by atoms with Crippen LogP contribution < -0.4 is 5.32 Å². The van der Waals surface area contributed by atoms with E-state index < -0.39 is 11.6 Å². The second-order valence-corrected chi connectivity index (χ2v) is 10.2. The molecule has 1 aliphatic rings. The van der Waals surface area contributed by atoms with Gasteiger partial charge in [-0.25, -0.2) is 0 Å². The Hall–Kier alpha value is -1.92. The van der Waals surface area contributed by atoms with E-state index in [0.717, 1.165) is 24.8 Å². The average Bonchev–Trinajstić information content (AvgIpc) is 3.04. The number of benzene rings is 1. The summed E-state index contributed by atoms with van der Waals surface area (Å²) in [6.07, 6.45) is 3.38. The summed E-state index contributed by atoms with van der Waals surface area (Å²) < 4.78 is 5.76. The van der Waals surface area contributed by atoms with E-state index in [2.05, 4.69) is 36.2 Å². The zero-order chi connectivity index (χ0) is 23.9. The van der Waals surface area contributed by atoms with Crippen LogP contribution in [0.15, 0.2) is 30.3 Å². The Balaban J connectivity index is 2.33. The Morgan fingerprint density at radius 2 is 1.91 bits per heavy atom. The number of rotatable bonds is 10. The van der Waals surface area contributed by atoms with E-state index in [1.54, 1.807) is 6.92 Å². The zero-order valence-electron chi connectivity index (χ0n) is 20.6. The quantitative estimate of drug-likeness (QED) is 0.533. The lowest BCUT2D eigenvalue weighted by atomic mass is 9.85. The van der Waals surface area contributed by atoms with Crippen LogP contribution in [0.2, 0.25) is 0 Å². The lowest BCUT2D eigenvalue weighted by molar-refractivity contribution is -0.161. The Labute approximate surface area is 193 Å². The summed E-state index contributed by atoms with van der Waals surface area (Å²) in [7, 11) is 0. The first-order valence-corrected chi connectivity index (χ1v) is 12.0. The van der Waals surface area contributed by atoms with Crippen LogP contribution in [0.1, 0.15) is 72.8 Å². The number of aliphatic hydroxyl groups is 1. The molecular formula is C26H42N2O4. The lowest BCUT2D eigenvalue weighted by Crippen LogP contribution is -2.46. The first-order valence-electron chi connectivity index (χ1n) is 12.0. The van der Waals surface area contributed by atoms with Crippen molar-refractivity contribution in [1.29, 1.82) is 0 Å². The van der Waals surface area contributed by atoms with Crippen LogP contribution in [0.3, 0.4) is 0 Å². The average molecular weight is 447 g/mol. The van der Waals surface area contributed by atoms with Crippen LogP contribution in [-0.2, 0) is 20.9 Å². The van der Waals surface area contributed by atoms with Crippen LogP contribution in [0.25, 0.3) is 0 Å². The molecule has 6 nitrogen and oxygen atoms in total. The third-order valence-corrected chi connectivity index (χ3v) is 6.36. The van der Waals surface area contributed by atoms with Gasteiger partial charge in [0.05, 0.1) is 0 Å². The summed E-state index contributed by atoms with van der Waals surface area (Å²) in [6, 6.07) is 9.80. The molecule has 2 rings (SSSR count). The molecule has 0 bridgehead atoms. The molecular weight excluding hydrogens is 404 g/mol. The molecule has 1 aromatic carbocycles. The van der Waals surface area contributed by atoms with Crippen molar-refractivity contribution >= 4 is 11.9 Å². The van der Waals surface area contributed by atoms with Gasteiger partial charge in [0.2, 0.25) is 5.91 Å². The van der Waals surface area contributed by atoms with Gasteiger partial charge in [0, 0.05) is 32.2 Å². The molecule has 0 radical (unpaired) electrons. The smallest absolute Gasteiger partial charge is 0.323 e. The molecule has 180 valence electrons. The summed E-state index contributed by atoms with van der Waals surface area (Å²) in [4.78, 5) is 27.1. The van der Waals surface area contributed by atoms with Gasteiger partial charge in [0.1, 0.15) is 11.6 Å². The van der Waals surface area contributed by atoms with E-state index in [9.17, 15) is 14.7 Å². The fraction of sp³-hybridized carbons (Fsp3) is 0.692. The number of ether oxygens (including phenoxy) is 1. The van der Waals surface area contributed by atoms with Gasteiger partial charge in [0.15, 0.2) is 0 Å². The van der Waals surface area contributed by atoms with Gasteiger partial charge in [-0.1, -0.05) is 43.7 Å². The Morgan fingerprint density at radius 3 is 2.44 bits per heavy atom. The number of nitrogens with one attached hydrogen (secondary N) is 1. The maximum atomic E-state index is 13.2. The molecule has 6 heteroatoms. The van der Waals surface area contributed by atoms with E-state index in [-0.39, 0.29) is 42.4 Å². The highest BCUT2D eigenvalue weighted by Gasteiger charge is 2.46. The number of esters is 1. The van der Waals surface area contributed by atoms with Crippen LogP contribution in [0.4, 0.5) is 0 Å². The predicted octanol–water partition coefficient (Wildman–Crippen LogP) is 3.91. The molecule has 0 spiro atoms. The normalized spacial score (nSPS) is 23.5. The van der Waals surface area contributed by atoms with E-state index in [1.165, 1.54) is 0 Å². The molecule has 32 heavy (non-hydrogen) atoms. The van der Waals surface area contributed by atoms with Crippen molar-refractivity contribution in [2.24, 2.45) is 11.8 Å². The van der Waals surface area contributed by atoms with Gasteiger partial charge in [0.25, 0.3) is 0 Å². The first kappa shape index (κ1) is 26.3. The van der Waals surface area contributed by atoms with E-state index in [4.69, 9.17) is 4.74 Å². The Bertz CT molecular complexity index is 731. The summed E-state index contributed by atoms with van der Waals surface area (Å²) in [5, 5.41) is 13.3. The first-order chi connectivity index (χ1) is 15.1. The molecule has 2 N–H and O–H groups in total. The lowest BCUT2D eigenvalue weighted by Gasteiger charge is -2.35. The molecule has 1 aromatic rings. The highest BCUT2D eigenvalue weighted by molar-refractivity contribution is 5.77. The SMILES string of the molecule is CCCC(C[C@@H]1[C@H](CO)C[C@H](C(=O)OC(C)(C)C)N1Cc1ccccc1)C(C)NC(C)=O. The minimum atomic E-state index is -0.563. The standard InChI is InChI=1S/C26H42N2O4/c1-7-11-21(18(2)27-19(3)30)14-23-22(17-29)15-24(25(31)32-26(4,5)6)28(23)16-20-12-9-8-10-13-20/h8-10,12-13,18,21-24,29H,7,11,14-17H2,1-6H3,(H,27,30)/t18?,21?,22-,23+,24+/m0/s1. The molecule has 1 saturated heterocycles. The molecule has 0 saturated carbocycles. The van der Waals surface area contributed by atoms with E-state index in [0.29, 0.717) is 13.0 Å². The number of amides is 1. The van der Waals surface area contributed by atoms with Crippen molar-refractivity contribution < 1.29 is 19.4 Å². The molecule has 2 unspecified atom stereocenters. The van der Waals surface area contributed by atoms with Crippen molar-refractivity contribution in [1.82, 2.24) is 10.2 Å². The van der Waals surface area contributed by atoms with Crippen LogP contribution in [0, 0.1) is 11.8 Å². The Kier molecular flexibility index (Phi) is 9.71. The maximum absolute atomic E-state index is 13.2. The van der Waals surface area contributed by atoms with E-state index in [1.807, 2.05) is 39.0 Å². The van der Waals surface area contributed by atoms with Gasteiger partial charge >= 0.3 is 5.97 Å². The van der Waals surface area contributed by atoms with Gasteiger partial charge < -0.3 is 15.2 Å². The number of carbonyl (C=O) groups is 2. The number of hydrogen-bond donors (Lipinski definition) is 2. The Morgan fingerprint density at radius 1 is 1.25 bits per heavy atom. The third kappa shape index (κ3) is 7.59. The molecule has 5 atom stereocenters. The second kappa shape index (κ2) is 11.8. The predicted molar refractivity (Wildman–Crippen MR) is 127 cm³/mol. The van der Waals surface area contributed by atoms with Gasteiger partial charge in [-0.15, -0.1) is 0 Å². The summed E-state index contributed by atoms with van der Waals surface area (Å²) in [5.41, 5.74) is 0.569. The highest BCUT2D eigenvalue weighted by Crippen LogP contribution is 2.37. The van der Waals surface area contributed by atoms with Crippen molar-refractivity contribution in [3.8, 4) is 0 Å². The molecule has 0 aromatic heterocycles. The summed E-state index contributed by atoms with van der Waals surface area (Å²) >= 11 is 0. The minimum absolute atomic E-state index is 0.0138. The minimum Gasteiger partial charge on any atom is -0.459 e. The molecule has 1 aliphatic heterocycles. The fourth-order valence-corrected chi connectivity index (χ4v) is 4.92. The monoisotopic (exact) mass is 446 g/mol. The van der Waals surface area contributed by atoms with Gasteiger partial charge in [-0.3, -0.25) is 14.5 Å². The molecule has 0 aliphatic carbocycles. The fourth-order valence-electron chi connectivity index (χ4n) is 4.92. The number of aliphatic hydroxyl groups excluding tert-OH is 1. The molecule has 1 amide bonds. The van der Waals surface area contributed by atoms with Crippen molar-refractivity contribution in [2.75, 3.05) is 6.61 Å². The molecule has 1 heterocycles. The van der Waals surface area contributed by atoms with Crippen molar-refractivity contribution in [2.45, 2.75) is 97.5 Å². The summed E-state index contributed by atoms with van der Waals surface area (Å²) in [6.45, 7) is 12.1. The topological polar surface area (TPSA) is 78.9 Å². The number of nitrogens with zero attached hydrogens (tertiary/aromatic N) is 1.